The van der Waals surface area contributed by atoms with Crippen LogP contribution in [0.15, 0.2) is 6.20 Å². The van der Waals surface area contributed by atoms with E-state index in [1.165, 1.54) is 25.7 Å². The number of carbonyl (C=O) groups excluding carboxylic acids is 1. The summed E-state index contributed by atoms with van der Waals surface area (Å²) in [5.41, 5.74) is 7.13. The molecule has 1 saturated carbocycles. The highest BCUT2D eigenvalue weighted by molar-refractivity contribution is 5.94. The van der Waals surface area contributed by atoms with Crippen molar-refractivity contribution in [2.24, 2.45) is 17.6 Å². The van der Waals surface area contributed by atoms with Crippen molar-refractivity contribution < 1.29 is 4.79 Å². The Labute approximate surface area is 108 Å². The average molecular weight is 250 g/mol. The topological polar surface area (TPSA) is 83.8 Å². The molecule has 1 amide bonds. The number of hydrogen-bond acceptors (Lipinski definition) is 3. The molecule has 0 atom stereocenters. The first-order valence-corrected chi connectivity index (χ1v) is 6.69. The van der Waals surface area contributed by atoms with Gasteiger partial charge in [-0.1, -0.05) is 0 Å². The average Bonchev–Trinajstić information content (AvgIpc) is 2.83. The fourth-order valence-electron chi connectivity index (χ4n) is 2.58. The zero-order valence-electron chi connectivity index (χ0n) is 10.9. The van der Waals surface area contributed by atoms with Gasteiger partial charge >= 0.3 is 0 Å². The summed E-state index contributed by atoms with van der Waals surface area (Å²) in [6.45, 7) is 3.42. The molecular formula is C13H22N4O. The number of aryl methyl sites for hydroxylation is 1. The summed E-state index contributed by atoms with van der Waals surface area (Å²) >= 11 is 0. The molecular weight excluding hydrogens is 228 g/mol. The van der Waals surface area contributed by atoms with Crippen LogP contribution in [0.2, 0.25) is 0 Å². The number of nitrogens with one attached hydrogen (secondary N) is 2. The van der Waals surface area contributed by atoms with E-state index in [2.05, 4.69) is 15.5 Å². The number of aromatic nitrogens is 2. The molecule has 18 heavy (non-hydrogen) atoms. The van der Waals surface area contributed by atoms with E-state index in [0.29, 0.717) is 17.4 Å². The summed E-state index contributed by atoms with van der Waals surface area (Å²) in [4.78, 5) is 11.9. The van der Waals surface area contributed by atoms with E-state index in [-0.39, 0.29) is 5.91 Å². The third kappa shape index (κ3) is 3.10. The predicted molar refractivity (Wildman–Crippen MR) is 70.2 cm³/mol. The minimum atomic E-state index is -0.0257. The molecule has 1 aromatic heterocycles. The van der Waals surface area contributed by atoms with Crippen molar-refractivity contribution in [1.29, 1.82) is 0 Å². The zero-order valence-corrected chi connectivity index (χ0v) is 10.9. The molecule has 0 spiro atoms. The van der Waals surface area contributed by atoms with Gasteiger partial charge in [-0.05, 0) is 51.0 Å². The maximum absolute atomic E-state index is 11.9. The van der Waals surface area contributed by atoms with E-state index in [4.69, 9.17) is 5.73 Å². The number of amides is 1. The summed E-state index contributed by atoms with van der Waals surface area (Å²) in [7, 11) is 0. The summed E-state index contributed by atoms with van der Waals surface area (Å²) in [5.74, 6) is 1.26. The van der Waals surface area contributed by atoms with E-state index >= 15 is 0 Å². The molecule has 1 aliphatic carbocycles. The smallest absolute Gasteiger partial charge is 0.254 e. The van der Waals surface area contributed by atoms with Crippen molar-refractivity contribution >= 4 is 5.91 Å². The summed E-state index contributed by atoms with van der Waals surface area (Å²) in [5, 5.41) is 9.63. The third-order valence-corrected chi connectivity index (χ3v) is 3.93. The molecule has 1 heterocycles. The Morgan fingerprint density at radius 2 is 2.11 bits per heavy atom. The van der Waals surface area contributed by atoms with E-state index < -0.39 is 0 Å². The number of nitrogens with zero attached hydrogens (tertiary/aromatic N) is 1. The quantitative estimate of drug-likeness (QED) is 0.751. The predicted octanol–water partition coefficient (Wildman–Crippen LogP) is 1.21. The van der Waals surface area contributed by atoms with Gasteiger partial charge in [0.25, 0.3) is 5.91 Å². The Kier molecular flexibility index (Phi) is 4.36. The van der Waals surface area contributed by atoms with E-state index in [0.717, 1.165) is 18.8 Å². The first-order chi connectivity index (χ1) is 8.70. The zero-order chi connectivity index (χ0) is 13.0. The number of carbonyl (C=O) groups is 1. The molecule has 0 unspecified atom stereocenters. The van der Waals surface area contributed by atoms with Gasteiger partial charge in [0.15, 0.2) is 0 Å². The van der Waals surface area contributed by atoms with Crippen molar-refractivity contribution in [3.05, 3.63) is 17.5 Å². The number of nitrogens with two attached hydrogens (primary N) is 1. The second kappa shape index (κ2) is 6.00. The largest absolute Gasteiger partial charge is 0.352 e. The Bertz CT molecular complexity index is 393. The molecule has 2 rings (SSSR count). The van der Waals surface area contributed by atoms with E-state index in [1.807, 2.05) is 6.92 Å². The second-order valence-corrected chi connectivity index (χ2v) is 5.24. The summed E-state index contributed by atoms with van der Waals surface area (Å²) in [6, 6.07) is 0. The summed E-state index contributed by atoms with van der Waals surface area (Å²) < 4.78 is 0. The molecule has 1 aliphatic rings. The lowest BCUT2D eigenvalue weighted by atomic mass is 9.82. The van der Waals surface area contributed by atoms with Gasteiger partial charge in [-0.15, -0.1) is 0 Å². The van der Waals surface area contributed by atoms with Crippen LogP contribution in [-0.4, -0.2) is 29.2 Å². The van der Waals surface area contributed by atoms with Crippen LogP contribution in [0, 0.1) is 18.8 Å². The van der Waals surface area contributed by atoms with Gasteiger partial charge in [0.2, 0.25) is 0 Å². The molecule has 4 N–H and O–H groups in total. The SMILES string of the molecule is Cc1[nH]ncc1C(=O)NCC1CCC(CN)CC1. The van der Waals surface area contributed by atoms with Crippen molar-refractivity contribution in [2.45, 2.75) is 32.6 Å². The van der Waals surface area contributed by atoms with Gasteiger partial charge < -0.3 is 11.1 Å². The monoisotopic (exact) mass is 250 g/mol. The van der Waals surface area contributed by atoms with Gasteiger partial charge in [-0.3, -0.25) is 9.89 Å². The highest BCUT2D eigenvalue weighted by Gasteiger charge is 2.21. The normalized spacial score (nSPS) is 23.9. The van der Waals surface area contributed by atoms with Crippen LogP contribution in [0.3, 0.4) is 0 Å². The van der Waals surface area contributed by atoms with Crippen LogP contribution < -0.4 is 11.1 Å². The third-order valence-electron chi connectivity index (χ3n) is 3.93. The number of hydrogen-bond donors (Lipinski definition) is 3. The maximum Gasteiger partial charge on any atom is 0.254 e. The maximum atomic E-state index is 11.9. The molecule has 1 fully saturated rings. The Morgan fingerprint density at radius 3 is 2.67 bits per heavy atom. The van der Waals surface area contributed by atoms with Crippen molar-refractivity contribution in [2.75, 3.05) is 13.1 Å². The van der Waals surface area contributed by atoms with Crippen molar-refractivity contribution in [1.82, 2.24) is 15.5 Å². The first kappa shape index (κ1) is 13.1. The molecule has 5 heteroatoms. The van der Waals surface area contributed by atoms with Gasteiger partial charge in [-0.25, -0.2) is 0 Å². The molecule has 100 valence electrons. The lowest BCUT2D eigenvalue weighted by Crippen LogP contribution is -2.32. The van der Waals surface area contributed by atoms with Crippen molar-refractivity contribution in [3.8, 4) is 0 Å². The molecule has 5 nitrogen and oxygen atoms in total. The molecule has 0 aliphatic heterocycles. The van der Waals surface area contributed by atoms with Crippen LogP contribution in [0.1, 0.15) is 41.7 Å². The lowest BCUT2D eigenvalue weighted by molar-refractivity contribution is 0.0941. The van der Waals surface area contributed by atoms with Gasteiger partial charge in [0, 0.05) is 12.2 Å². The number of aromatic amines is 1. The van der Waals surface area contributed by atoms with E-state index in [9.17, 15) is 4.79 Å². The number of H-pyrrole nitrogens is 1. The minimum absolute atomic E-state index is 0.0257. The molecule has 0 radical (unpaired) electrons. The van der Waals surface area contributed by atoms with Crippen LogP contribution in [-0.2, 0) is 0 Å². The first-order valence-electron chi connectivity index (χ1n) is 6.69. The molecule has 0 saturated heterocycles. The highest BCUT2D eigenvalue weighted by atomic mass is 16.1. The Morgan fingerprint density at radius 1 is 1.44 bits per heavy atom. The van der Waals surface area contributed by atoms with Gasteiger partial charge in [0.05, 0.1) is 11.8 Å². The van der Waals surface area contributed by atoms with Crippen LogP contribution in [0.5, 0.6) is 0 Å². The van der Waals surface area contributed by atoms with Crippen LogP contribution in [0.25, 0.3) is 0 Å². The molecule has 0 bridgehead atoms. The number of rotatable bonds is 4. The second-order valence-electron chi connectivity index (χ2n) is 5.24. The molecule has 1 aromatic rings. The van der Waals surface area contributed by atoms with Crippen LogP contribution >= 0.6 is 0 Å². The Balaban J connectivity index is 1.76. The molecule has 0 aromatic carbocycles. The van der Waals surface area contributed by atoms with Gasteiger partial charge in [-0.2, -0.15) is 5.10 Å². The highest BCUT2D eigenvalue weighted by Crippen LogP contribution is 2.27. The van der Waals surface area contributed by atoms with Crippen molar-refractivity contribution in [3.63, 3.8) is 0 Å². The fourth-order valence-corrected chi connectivity index (χ4v) is 2.58. The fraction of sp³-hybridized carbons (Fsp3) is 0.692. The van der Waals surface area contributed by atoms with Crippen LogP contribution in [0.4, 0.5) is 0 Å². The minimum Gasteiger partial charge on any atom is -0.352 e. The standard InChI is InChI=1S/C13H22N4O/c1-9-12(8-16-17-9)13(18)15-7-11-4-2-10(6-14)3-5-11/h8,10-11H,2-7,14H2,1H3,(H,15,18)(H,16,17). The lowest BCUT2D eigenvalue weighted by Gasteiger charge is -2.27. The van der Waals surface area contributed by atoms with E-state index in [1.54, 1.807) is 6.20 Å². The Hall–Kier alpha value is -1.36. The summed E-state index contributed by atoms with van der Waals surface area (Å²) in [6.07, 6.45) is 6.32. The van der Waals surface area contributed by atoms with Gasteiger partial charge in [0.1, 0.15) is 0 Å².